The highest BCUT2D eigenvalue weighted by molar-refractivity contribution is 7.92. The van der Waals surface area contributed by atoms with Crippen molar-refractivity contribution in [1.29, 1.82) is 0 Å². The van der Waals surface area contributed by atoms with E-state index in [2.05, 4.69) is 4.83 Å². The molecule has 4 nitrogen and oxygen atoms in total. The van der Waals surface area contributed by atoms with Gasteiger partial charge in [-0.1, -0.05) is 6.92 Å². The zero-order valence-electron chi connectivity index (χ0n) is 7.85. The average molecular weight is 237 g/mol. The lowest BCUT2D eigenvalue weighted by Crippen LogP contribution is -2.27. The van der Waals surface area contributed by atoms with Crippen LogP contribution in [0.4, 0.5) is 0 Å². The molecule has 1 atom stereocenters. The van der Waals surface area contributed by atoms with Crippen LogP contribution in [-0.4, -0.2) is 24.7 Å². The van der Waals surface area contributed by atoms with Gasteiger partial charge >= 0.3 is 0 Å². The number of hydrogen-bond acceptors (Lipinski definition) is 2. The lowest BCUT2D eigenvalue weighted by molar-refractivity contribution is 0.582. The van der Waals surface area contributed by atoms with Crippen molar-refractivity contribution in [3.05, 3.63) is 24.5 Å². The molecule has 0 bridgehead atoms. The van der Waals surface area contributed by atoms with E-state index >= 15 is 0 Å². The summed E-state index contributed by atoms with van der Waals surface area (Å²) < 4.78 is 24.4. The Morgan fingerprint density at radius 1 is 1.43 bits per heavy atom. The van der Waals surface area contributed by atoms with Gasteiger partial charge in [0.1, 0.15) is 0 Å². The summed E-state index contributed by atoms with van der Waals surface area (Å²) in [6, 6.07) is 3.49. The van der Waals surface area contributed by atoms with E-state index in [1.165, 1.54) is 4.68 Å². The van der Waals surface area contributed by atoms with Gasteiger partial charge in [0.15, 0.2) is 0 Å². The fourth-order valence-corrected chi connectivity index (χ4v) is 2.64. The minimum absolute atomic E-state index is 0.0364. The van der Waals surface area contributed by atoms with Crippen LogP contribution in [0.25, 0.3) is 0 Å². The Morgan fingerprint density at radius 2 is 2.00 bits per heavy atom. The Morgan fingerprint density at radius 3 is 2.50 bits per heavy atom. The molecule has 1 unspecified atom stereocenters. The van der Waals surface area contributed by atoms with Crippen LogP contribution in [0.2, 0.25) is 0 Å². The Kier molecular flexibility index (Phi) is 3.83. The summed E-state index contributed by atoms with van der Waals surface area (Å²) in [7, 11) is -3.29. The first-order valence-electron chi connectivity index (χ1n) is 4.23. The van der Waals surface area contributed by atoms with Crippen LogP contribution in [0, 0.1) is 5.92 Å². The van der Waals surface area contributed by atoms with Gasteiger partial charge < -0.3 is 0 Å². The van der Waals surface area contributed by atoms with Crippen molar-refractivity contribution >= 4 is 21.6 Å². The highest BCUT2D eigenvalue weighted by atomic mass is 35.5. The topological polar surface area (TPSA) is 51.1 Å². The van der Waals surface area contributed by atoms with Crippen LogP contribution >= 0.6 is 11.6 Å². The SMILES string of the molecule is CC(CCl)CS(=O)(=O)Nn1cccc1. The number of hydrogen-bond donors (Lipinski definition) is 1. The highest BCUT2D eigenvalue weighted by Gasteiger charge is 2.14. The molecule has 1 aromatic rings. The molecule has 1 N–H and O–H groups in total. The molecule has 14 heavy (non-hydrogen) atoms. The largest absolute Gasteiger partial charge is 0.262 e. The predicted octanol–water partition coefficient (Wildman–Crippen LogP) is 1.24. The third-order valence-electron chi connectivity index (χ3n) is 1.62. The minimum Gasteiger partial charge on any atom is -0.262 e. The molecule has 0 aliphatic rings. The Bertz CT molecular complexity index is 361. The van der Waals surface area contributed by atoms with Crippen molar-refractivity contribution in [1.82, 2.24) is 4.68 Å². The molecule has 0 radical (unpaired) electrons. The molecule has 0 aliphatic carbocycles. The van der Waals surface area contributed by atoms with Crippen molar-refractivity contribution in [2.24, 2.45) is 5.92 Å². The van der Waals surface area contributed by atoms with Gasteiger partial charge in [0.2, 0.25) is 10.0 Å². The summed E-state index contributed by atoms with van der Waals surface area (Å²) in [5.74, 6) is 0.325. The monoisotopic (exact) mass is 236 g/mol. The lowest BCUT2D eigenvalue weighted by Gasteiger charge is -2.11. The van der Waals surface area contributed by atoms with E-state index in [0.29, 0.717) is 5.88 Å². The van der Waals surface area contributed by atoms with E-state index in [9.17, 15) is 8.42 Å². The highest BCUT2D eigenvalue weighted by Crippen LogP contribution is 2.03. The molecule has 6 heteroatoms. The molecule has 0 saturated carbocycles. The fraction of sp³-hybridized carbons (Fsp3) is 0.500. The molecular formula is C8H13ClN2O2S. The van der Waals surface area contributed by atoms with E-state index in [1.54, 1.807) is 31.5 Å². The average Bonchev–Trinajstić information content (AvgIpc) is 2.54. The maximum atomic E-state index is 11.5. The van der Waals surface area contributed by atoms with Gasteiger partial charge in [-0.2, -0.15) is 0 Å². The molecular weight excluding hydrogens is 224 g/mol. The standard InChI is InChI=1S/C8H13ClN2O2S/c1-8(6-9)7-14(12,13)10-11-4-2-3-5-11/h2-5,8,10H,6-7H2,1H3. The number of halogens is 1. The third kappa shape index (κ3) is 3.59. The summed E-state index contributed by atoms with van der Waals surface area (Å²) in [6.45, 7) is 1.79. The van der Waals surface area contributed by atoms with Gasteiger partial charge in [0, 0.05) is 18.3 Å². The first-order chi connectivity index (χ1) is 6.53. The van der Waals surface area contributed by atoms with Crippen molar-refractivity contribution in [2.45, 2.75) is 6.92 Å². The first-order valence-corrected chi connectivity index (χ1v) is 6.41. The van der Waals surface area contributed by atoms with E-state index < -0.39 is 10.0 Å². The number of sulfonamides is 1. The molecule has 0 spiro atoms. The quantitative estimate of drug-likeness (QED) is 0.782. The van der Waals surface area contributed by atoms with Gasteiger partial charge in [-0.15, -0.1) is 11.6 Å². The minimum atomic E-state index is -3.29. The van der Waals surface area contributed by atoms with Gasteiger partial charge in [-0.25, -0.2) is 13.2 Å². The van der Waals surface area contributed by atoms with Gasteiger partial charge in [-0.3, -0.25) is 4.68 Å². The Labute approximate surface area is 88.9 Å². The summed E-state index contributed by atoms with van der Waals surface area (Å²) in [6.07, 6.45) is 3.26. The van der Waals surface area contributed by atoms with E-state index in [4.69, 9.17) is 11.6 Å². The second-order valence-corrected chi connectivity index (χ2v) is 5.28. The molecule has 0 fully saturated rings. The Hall–Kier alpha value is -0.680. The zero-order chi connectivity index (χ0) is 10.6. The van der Waals surface area contributed by atoms with Crippen LogP contribution in [0.5, 0.6) is 0 Å². The summed E-state index contributed by atoms with van der Waals surface area (Å²) in [5, 5.41) is 0. The molecule has 0 saturated heterocycles. The van der Waals surface area contributed by atoms with E-state index in [-0.39, 0.29) is 11.7 Å². The molecule has 0 aliphatic heterocycles. The molecule has 0 amide bonds. The smallest absolute Gasteiger partial charge is 0.246 e. The molecule has 80 valence electrons. The lowest BCUT2D eigenvalue weighted by atomic mass is 10.3. The first kappa shape index (κ1) is 11.4. The maximum absolute atomic E-state index is 11.5. The molecule has 1 aromatic heterocycles. The molecule has 0 aromatic carbocycles. The van der Waals surface area contributed by atoms with Gasteiger partial charge in [0.25, 0.3) is 0 Å². The number of rotatable bonds is 5. The zero-order valence-corrected chi connectivity index (χ0v) is 9.42. The van der Waals surface area contributed by atoms with Crippen molar-refractivity contribution in [2.75, 3.05) is 16.5 Å². The maximum Gasteiger partial charge on any atom is 0.246 e. The van der Waals surface area contributed by atoms with Crippen molar-refractivity contribution in [3.63, 3.8) is 0 Å². The summed E-state index contributed by atoms with van der Waals surface area (Å²) in [4.78, 5) is 2.39. The van der Waals surface area contributed by atoms with Crippen LogP contribution < -0.4 is 4.83 Å². The van der Waals surface area contributed by atoms with Crippen LogP contribution in [0.1, 0.15) is 6.92 Å². The van der Waals surface area contributed by atoms with Crippen molar-refractivity contribution < 1.29 is 8.42 Å². The molecule has 1 heterocycles. The van der Waals surface area contributed by atoms with Crippen LogP contribution in [0.3, 0.4) is 0 Å². The molecule has 1 rings (SSSR count). The third-order valence-corrected chi connectivity index (χ3v) is 3.64. The van der Waals surface area contributed by atoms with Gasteiger partial charge in [0.05, 0.1) is 5.75 Å². The number of alkyl halides is 1. The predicted molar refractivity (Wildman–Crippen MR) is 57.5 cm³/mol. The van der Waals surface area contributed by atoms with Crippen LogP contribution in [0.15, 0.2) is 24.5 Å². The number of aromatic nitrogens is 1. The van der Waals surface area contributed by atoms with Crippen LogP contribution in [-0.2, 0) is 10.0 Å². The second-order valence-electron chi connectivity index (χ2n) is 3.22. The number of nitrogens with one attached hydrogen (secondary N) is 1. The number of nitrogens with zero attached hydrogens (tertiary/aromatic N) is 1. The van der Waals surface area contributed by atoms with E-state index in [0.717, 1.165) is 0 Å². The van der Waals surface area contributed by atoms with Gasteiger partial charge in [-0.05, 0) is 18.1 Å². The normalized spacial score (nSPS) is 13.9. The summed E-state index contributed by atoms with van der Waals surface area (Å²) >= 11 is 5.54. The Balaban J connectivity index is 2.59. The summed E-state index contributed by atoms with van der Waals surface area (Å²) in [5.41, 5.74) is 0. The second kappa shape index (κ2) is 4.70. The fourth-order valence-electron chi connectivity index (χ4n) is 1.01. The van der Waals surface area contributed by atoms with E-state index in [1.807, 2.05) is 0 Å². The van der Waals surface area contributed by atoms with Crippen molar-refractivity contribution in [3.8, 4) is 0 Å².